The molecule has 0 saturated carbocycles. The molecule has 0 radical (unpaired) electrons. The van der Waals surface area contributed by atoms with Crippen LogP contribution in [-0.4, -0.2) is 13.2 Å². The van der Waals surface area contributed by atoms with Crippen LogP contribution in [0.3, 0.4) is 0 Å². The van der Waals surface area contributed by atoms with E-state index in [4.69, 9.17) is 4.74 Å². The second kappa shape index (κ2) is 5.48. The largest absolute Gasteiger partial charge is 0.377 e. The fourth-order valence-electron chi connectivity index (χ4n) is 0.843. The van der Waals surface area contributed by atoms with Crippen molar-refractivity contribution in [3.05, 3.63) is 12.2 Å². The molecule has 0 fully saturated rings. The molecule has 0 aromatic heterocycles. The minimum absolute atomic E-state index is 0.292. The van der Waals surface area contributed by atoms with Gasteiger partial charge in [-0.3, -0.25) is 0 Å². The molecule has 1 heteroatoms. The average Bonchev–Trinajstić information content (AvgIpc) is 1.89. The predicted octanol–water partition coefficient (Wildman–Crippen LogP) is 2.62. The van der Waals surface area contributed by atoms with Gasteiger partial charge in [0.05, 0.1) is 6.10 Å². The zero-order chi connectivity index (χ0) is 7.98. The Balaban J connectivity index is 3.71. The lowest BCUT2D eigenvalue weighted by Gasteiger charge is -2.14. The summed E-state index contributed by atoms with van der Waals surface area (Å²) in [7, 11) is 1.75. The van der Waals surface area contributed by atoms with Gasteiger partial charge in [0.25, 0.3) is 0 Å². The van der Waals surface area contributed by atoms with Gasteiger partial charge in [-0.25, -0.2) is 0 Å². The van der Waals surface area contributed by atoms with Gasteiger partial charge < -0.3 is 4.74 Å². The average molecular weight is 142 g/mol. The molecule has 1 unspecified atom stereocenters. The second-order valence-electron chi connectivity index (χ2n) is 2.78. The summed E-state index contributed by atoms with van der Waals surface area (Å²) in [4.78, 5) is 0. The van der Waals surface area contributed by atoms with Crippen LogP contribution >= 0.6 is 0 Å². The van der Waals surface area contributed by atoms with Gasteiger partial charge in [-0.15, -0.1) is 0 Å². The molecule has 0 saturated heterocycles. The Bertz CT molecular complexity index is 94.9. The van der Waals surface area contributed by atoms with E-state index in [-0.39, 0.29) is 0 Å². The Kier molecular flexibility index (Phi) is 5.32. The number of methoxy groups -OCH3 is 1. The third kappa shape index (κ3) is 3.67. The third-order valence-electron chi connectivity index (χ3n) is 1.49. The maximum atomic E-state index is 5.23. The summed E-state index contributed by atoms with van der Waals surface area (Å²) in [6.45, 7) is 6.45. The molecular weight excluding hydrogens is 124 g/mol. The number of hydrogen-bond acceptors (Lipinski definition) is 1. The fourth-order valence-corrected chi connectivity index (χ4v) is 0.843. The van der Waals surface area contributed by atoms with Gasteiger partial charge in [0.1, 0.15) is 0 Å². The Morgan fingerprint density at radius 3 is 2.30 bits per heavy atom. The van der Waals surface area contributed by atoms with Crippen LogP contribution in [0.15, 0.2) is 12.2 Å². The fraction of sp³-hybridized carbons (Fsp3) is 0.778. The van der Waals surface area contributed by atoms with E-state index in [0.717, 1.165) is 6.42 Å². The zero-order valence-corrected chi connectivity index (χ0v) is 7.42. The molecular formula is C9H18O. The van der Waals surface area contributed by atoms with Gasteiger partial charge in [0.15, 0.2) is 0 Å². The second-order valence-corrected chi connectivity index (χ2v) is 2.78. The van der Waals surface area contributed by atoms with Gasteiger partial charge in [-0.1, -0.05) is 32.9 Å². The van der Waals surface area contributed by atoms with Gasteiger partial charge >= 0.3 is 0 Å². The van der Waals surface area contributed by atoms with Crippen molar-refractivity contribution >= 4 is 0 Å². The van der Waals surface area contributed by atoms with Crippen molar-refractivity contribution in [2.24, 2.45) is 5.92 Å². The summed E-state index contributed by atoms with van der Waals surface area (Å²) >= 11 is 0. The number of hydrogen-bond donors (Lipinski definition) is 0. The highest BCUT2D eigenvalue weighted by atomic mass is 16.5. The lowest BCUT2D eigenvalue weighted by molar-refractivity contribution is 0.103. The molecule has 1 atom stereocenters. The standard InChI is InChI=1S/C9H18O/c1-5-6-7-9(10-4)8(2)3/h6-9H,5H2,1-4H3/b7-6+. The molecule has 0 rings (SSSR count). The molecule has 0 aromatic carbocycles. The van der Waals surface area contributed by atoms with E-state index in [1.54, 1.807) is 7.11 Å². The molecule has 0 bridgehead atoms. The van der Waals surface area contributed by atoms with E-state index in [1.807, 2.05) is 0 Å². The minimum atomic E-state index is 0.292. The summed E-state index contributed by atoms with van der Waals surface area (Å²) in [6.07, 6.45) is 5.66. The molecule has 10 heavy (non-hydrogen) atoms. The maximum Gasteiger partial charge on any atom is 0.0774 e. The monoisotopic (exact) mass is 142 g/mol. The molecule has 0 aromatic rings. The molecule has 1 nitrogen and oxygen atoms in total. The summed E-state index contributed by atoms with van der Waals surface area (Å²) in [5.41, 5.74) is 0. The predicted molar refractivity (Wildman–Crippen MR) is 45.1 cm³/mol. The molecule has 0 heterocycles. The lowest BCUT2D eigenvalue weighted by Crippen LogP contribution is -2.14. The van der Waals surface area contributed by atoms with Crippen molar-refractivity contribution in [2.75, 3.05) is 7.11 Å². The van der Waals surface area contributed by atoms with Crippen molar-refractivity contribution in [1.82, 2.24) is 0 Å². The van der Waals surface area contributed by atoms with Crippen LogP contribution in [0, 0.1) is 5.92 Å². The number of ether oxygens (including phenoxy) is 1. The van der Waals surface area contributed by atoms with E-state index >= 15 is 0 Å². The molecule has 0 amide bonds. The van der Waals surface area contributed by atoms with Crippen LogP contribution in [0.1, 0.15) is 27.2 Å². The van der Waals surface area contributed by atoms with E-state index in [0.29, 0.717) is 12.0 Å². The minimum Gasteiger partial charge on any atom is -0.377 e. The summed E-state index contributed by atoms with van der Waals surface area (Å²) < 4.78 is 5.23. The number of rotatable bonds is 4. The maximum absolute atomic E-state index is 5.23. The summed E-state index contributed by atoms with van der Waals surface area (Å²) in [5.74, 6) is 0.577. The topological polar surface area (TPSA) is 9.23 Å². The first-order valence-electron chi connectivity index (χ1n) is 3.91. The van der Waals surface area contributed by atoms with E-state index in [2.05, 4.69) is 32.9 Å². The van der Waals surface area contributed by atoms with E-state index in [1.165, 1.54) is 0 Å². The smallest absolute Gasteiger partial charge is 0.0774 e. The van der Waals surface area contributed by atoms with Gasteiger partial charge in [-0.05, 0) is 12.3 Å². The van der Waals surface area contributed by atoms with Crippen LogP contribution in [0.2, 0.25) is 0 Å². The molecule has 0 N–H and O–H groups in total. The first-order valence-corrected chi connectivity index (χ1v) is 3.91. The van der Waals surface area contributed by atoms with Crippen molar-refractivity contribution in [3.8, 4) is 0 Å². The quantitative estimate of drug-likeness (QED) is 0.548. The normalized spacial score (nSPS) is 14.9. The highest BCUT2D eigenvalue weighted by Gasteiger charge is 2.05. The highest BCUT2D eigenvalue weighted by Crippen LogP contribution is 2.06. The molecule has 0 spiro atoms. The first-order chi connectivity index (χ1) is 4.72. The molecule has 60 valence electrons. The van der Waals surface area contributed by atoms with Crippen LogP contribution < -0.4 is 0 Å². The molecule has 0 aliphatic carbocycles. The Labute approximate surface area is 64.1 Å². The third-order valence-corrected chi connectivity index (χ3v) is 1.49. The first kappa shape index (κ1) is 9.70. The summed E-state index contributed by atoms with van der Waals surface area (Å²) in [6, 6.07) is 0. The molecule has 0 aliphatic heterocycles. The van der Waals surface area contributed by atoms with Crippen LogP contribution in [0.5, 0.6) is 0 Å². The van der Waals surface area contributed by atoms with Crippen LogP contribution in [-0.2, 0) is 4.74 Å². The van der Waals surface area contributed by atoms with E-state index in [9.17, 15) is 0 Å². The van der Waals surface area contributed by atoms with Crippen LogP contribution in [0.4, 0.5) is 0 Å². The van der Waals surface area contributed by atoms with Crippen molar-refractivity contribution in [3.63, 3.8) is 0 Å². The van der Waals surface area contributed by atoms with Gasteiger partial charge in [-0.2, -0.15) is 0 Å². The van der Waals surface area contributed by atoms with Crippen molar-refractivity contribution in [1.29, 1.82) is 0 Å². The Hall–Kier alpha value is -0.300. The van der Waals surface area contributed by atoms with Crippen molar-refractivity contribution in [2.45, 2.75) is 33.3 Å². The highest BCUT2D eigenvalue weighted by molar-refractivity contribution is 4.90. The molecule has 0 aliphatic rings. The van der Waals surface area contributed by atoms with Crippen LogP contribution in [0.25, 0.3) is 0 Å². The Morgan fingerprint density at radius 2 is 2.00 bits per heavy atom. The summed E-state index contributed by atoms with van der Waals surface area (Å²) in [5, 5.41) is 0. The van der Waals surface area contributed by atoms with Gasteiger partial charge in [0.2, 0.25) is 0 Å². The van der Waals surface area contributed by atoms with Gasteiger partial charge in [0, 0.05) is 7.11 Å². The zero-order valence-electron chi connectivity index (χ0n) is 7.42. The number of allylic oxidation sites excluding steroid dienone is 1. The SMILES string of the molecule is CC/C=C/C(OC)C(C)C. The lowest BCUT2D eigenvalue weighted by atomic mass is 10.1. The van der Waals surface area contributed by atoms with E-state index < -0.39 is 0 Å². The Morgan fingerprint density at radius 1 is 1.40 bits per heavy atom. The van der Waals surface area contributed by atoms with Crippen molar-refractivity contribution < 1.29 is 4.74 Å².